The van der Waals surface area contributed by atoms with Crippen LogP contribution in [0.15, 0.2) is 48.5 Å². The molecular formula is C17H22F2N2O. The Morgan fingerprint density at radius 2 is 1.73 bits per heavy atom. The Labute approximate surface area is 131 Å². The van der Waals surface area contributed by atoms with Crippen molar-refractivity contribution in [3.05, 3.63) is 59.7 Å². The Kier molecular flexibility index (Phi) is 4.75. The van der Waals surface area contributed by atoms with Crippen LogP contribution >= 0.6 is 0 Å². The van der Waals surface area contributed by atoms with Crippen molar-refractivity contribution < 1.29 is 16.4 Å². The highest BCUT2D eigenvalue weighted by Gasteiger charge is 2.28. The van der Waals surface area contributed by atoms with Crippen LogP contribution in [-0.4, -0.2) is 6.03 Å². The van der Waals surface area contributed by atoms with E-state index in [1.165, 1.54) is 31.2 Å². The fourth-order valence-electron chi connectivity index (χ4n) is 2.02. The van der Waals surface area contributed by atoms with E-state index >= 15 is 0 Å². The van der Waals surface area contributed by atoms with Gasteiger partial charge in [0.25, 0.3) is 5.92 Å². The van der Waals surface area contributed by atoms with Crippen molar-refractivity contribution in [3.63, 3.8) is 0 Å². The number of halogens is 2. The molecule has 0 fully saturated rings. The number of rotatable bonds is 4. The maximum Gasteiger partial charge on any atom is 0.323 e. The number of benzene rings is 2. The number of carbonyl (C=O) groups excluding carboxylic acids is 1. The Morgan fingerprint density at radius 1 is 1.09 bits per heavy atom. The van der Waals surface area contributed by atoms with Gasteiger partial charge < -0.3 is 10.6 Å². The molecule has 0 aliphatic carbocycles. The summed E-state index contributed by atoms with van der Waals surface area (Å²) in [7, 11) is 0. The third kappa shape index (κ3) is 4.04. The summed E-state index contributed by atoms with van der Waals surface area (Å²) in [5.74, 6) is -2.84. The molecule has 2 aromatic rings. The molecule has 0 unspecified atom stereocenters. The van der Waals surface area contributed by atoms with Crippen molar-refractivity contribution in [3.8, 4) is 0 Å². The highest BCUT2D eigenvalue weighted by Crippen LogP contribution is 2.31. The average molecular weight is 308 g/mol. The minimum Gasteiger partial charge on any atom is -0.308 e. The second-order valence-electron chi connectivity index (χ2n) is 5.08. The van der Waals surface area contributed by atoms with Gasteiger partial charge in [-0.15, -0.1) is 0 Å². The fraction of sp³-hybridized carbons (Fsp3) is 0.235. The first kappa shape index (κ1) is 15.9. The number of alkyl halides is 2. The van der Waals surface area contributed by atoms with Crippen LogP contribution in [0.1, 0.15) is 27.3 Å². The molecule has 0 atom stereocenters. The van der Waals surface area contributed by atoms with Gasteiger partial charge in [-0.2, -0.15) is 0 Å². The molecule has 5 heteroatoms. The summed E-state index contributed by atoms with van der Waals surface area (Å²) in [5, 5.41) is 5.30. The van der Waals surface area contributed by atoms with E-state index < -0.39 is 12.0 Å². The summed E-state index contributed by atoms with van der Waals surface area (Å²) < 4.78 is 27.0. The van der Waals surface area contributed by atoms with Crippen molar-refractivity contribution in [1.29, 1.82) is 0 Å². The van der Waals surface area contributed by atoms with Crippen LogP contribution < -0.4 is 10.6 Å². The maximum atomic E-state index is 13.5. The predicted octanol–water partition coefficient (Wildman–Crippen LogP) is 5.63. The fourth-order valence-corrected chi connectivity index (χ4v) is 2.02. The van der Waals surface area contributed by atoms with Gasteiger partial charge in [0.05, 0.1) is 0 Å². The molecule has 0 radical (unpaired) electrons. The van der Waals surface area contributed by atoms with Crippen molar-refractivity contribution in [2.24, 2.45) is 0 Å². The van der Waals surface area contributed by atoms with E-state index in [9.17, 15) is 13.6 Å². The normalized spacial score (nSPS) is 11.1. The van der Waals surface area contributed by atoms with Gasteiger partial charge in [-0.25, -0.2) is 13.6 Å². The summed E-state index contributed by atoms with van der Waals surface area (Å²) in [4.78, 5) is 11.9. The predicted molar refractivity (Wildman–Crippen MR) is 88.7 cm³/mol. The molecule has 3 nitrogen and oxygen atoms in total. The van der Waals surface area contributed by atoms with Crippen molar-refractivity contribution >= 4 is 17.4 Å². The van der Waals surface area contributed by atoms with Gasteiger partial charge in [0.1, 0.15) is 0 Å². The van der Waals surface area contributed by atoms with Gasteiger partial charge in [0.2, 0.25) is 0 Å². The second-order valence-corrected chi connectivity index (χ2v) is 5.08. The molecular weight excluding hydrogens is 286 g/mol. The first-order valence-electron chi connectivity index (χ1n) is 7.04. The average Bonchev–Trinajstić information content (AvgIpc) is 2.47. The van der Waals surface area contributed by atoms with Crippen LogP contribution in [0, 0.1) is 6.92 Å². The molecule has 0 bridgehead atoms. The van der Waals surface area contributed by atoms with Gasteiger partial charge in [-0.3, -0.25) is 0 Å². The first-order valence-corrected chi connectivity index (χ1v) is 7.04. The Morgan fingerprint density at radius 3 is 2.32 bits per heavy atom. The lowest BCUT2D eigenvalue weighted by molar-refractivity contribution is -0.00826. The lowest BCUT2D eigenvalue weighted by Gasteiger charge is -2.15. The van der Waals surface area contributed by atoms with Gasteiger partial charge in [-0.1, -0.05) is 31.2 Å². The number of aryl methyl sites for hydroxylation is 1. The second kappa shape index (κ2) is 6.56. The third-order valence-corrected chi connectivity index (χ3v) is 3.29. The number of hydrogen-bond donors (Lipinski definition) is 2. The Bertz CT molecular complexity index is 664. The van der Waals surface area contributed by atoms with E-state index in [4.69, 9.17) is 0 Å². The summed E-state index contributed by atoms with van der Waals surface area (Å²) in [5.41, 5.74) is 2.11. The van der Waals surface area contributed by atoms with Crippen LogP contribution in [0.25, 0.3) is 0 Å². The maximum absolute atomic E-state index is 13.5. The molecule has 0 saturated heterocycles. The molecule has 0 aliphatic heterocycles. The van der Waals surface area contributed by atoms with Crippen molar-refractivity contribution in [1.82, 2.24) is 0 Å². The minimum absolute atomic E-state index is 0. The largest absolute Gasteiger partial charge is 0.323 e. The van der Waals surface area contributed by atoms with E-state index in [0.717, 1.165) is 5.56 Å². The molecule has 2 amide bonds. The molecule has 0 spiro atoms. The van der Waals surface area contributed by atoms with E-state index in [1.54, 1.807) is 6.07 Å². The van der Waals surface area contributed by atoms with Crippen LogP contribution in [0.2, 0.25) is 0 Å². The zero-order valence-electron chi connectivity index (χ0n) is 12.5. The minimum atomic E-state index is -2.84. The smallest absolute Gasteiger partial charge is 0.308 e. The zero-order chi connectivity index (χ0) is 16.2. The van der Waals surface area contributed by atoms with Crippen molar-refractivity contribution in [2.45, 2.75) is 26.2 Å². The highest BCUT2D eigenvalue weighted by molar-refractivity contribution is 5.99. The van der Waals surface area contributed by atoms with Crippen LogP contribution in [0.3, 0.4) is 0 Å². The Balaban J connectivity index is 0.00000264. The Hall–Kier alpha value is -2.43. The number of carbonyl (C=O) groups is 1. The number of amides is 2. The van der Waals surface area contributed by atoms with Crippen LogP contribution in [0.4, 0.5) is 25.0 Å². The van der Waals surface area contributed by atoms with Gasteiger partial charge in [-0.05, 0) is 36.8 Å². The third-order valence-electron chi connectivity index (χ3n) is 3.29. The zero-order valence-corrected chi connectivity index (χ0v) is 12.5. The summed E-state index contributed by atoms with van der Waals surface area (Å²) in [6.07, 6.45) is -0.256. The summed E-state index contributed by atoms with van der Waals surface area (Å²) in [6.45, 7) is 3.36. The summed E-state index contributed by atoms with van der Waals surface area (Å²) in [6, 6.07) is 12.5. The lowest BCUT2D eigenvalue weighted by Crippen LogP contribution is -2.19. The SMILES string of the molecule is CCC(F)(F)c1ccc(NC(=O)Nc2cccc(C)c2)cc1.[HH].[HH]. The number of anilines is 2. The molecule has 0 aliphatic rings. The molecule has 0 saturated carbocycles. The van der Waals surface area contributed by atoms with Crippen LogP contribution in [0.5, 0.6) is 0 Å². The van der Waals surface area contributed by atoms with E-state index in [2.05, 4.69) is 10.6 Å². The van der Waals surface area contributed by atoms with Gasteiger partial charge in [0.15, 0.2) is 0 Å². The molecule has 22 heavy (non-hydrogen) atoms. The quantitative estimate of drug-likeness (QED) is 0.754. The standard InChI is InChI=1S/C17H18F2N2O.2H2/c1-3-17(18,19)13-7-9-14(10-8-13)20-16(22)21-15-6-4-5-12(2)11-15;;/h4-11H,3H2,1-2H3,(H2,20,21,22);2*1H. The van der Waals surface area contributed by atoms with E-state index in [-0.39, 0.29) is 14.8 Å². The first-order chi connectivity index (χ1) is 10.4. The molecule has 2 aromatic carbocycles. The highest BCUT2D eigenvalue weighted by atomic mass is 19.3. The molecule has 2 N–H and O–H groups in total. The van der Waals surface area contributed by atoms with Gasteiger partial charge in [0, 0.05) is 26.2 Å². The van der Waals surface area contributed by atoms with E-state index in [1.807, 2.05) is 25.1 Å². The molecule has 120 valence electrons. The number of hydrogen-bond acceptors (Lipinski definition) is 1. The summed E-state index contributed by atoms with van der Waals surface area (Å²) >= 11 is 0. The van der Waals surface area contributed by atoms with Crippen LogP contribution in [-0.2, 0) is 5.92 Å². The number of nitrogens with one attached hydrogen (secondary N) is 2. The molecule has 0 heterocycles. The number of urea groups is 1. The topological polar surface area (TPSA) is 41.1 Å². The lowest BCUT2D eigenvalue weighted by atomic mass is 10.1. The van der Waals surface area contributed by atoms with Crippen molar-refractivity contribution in [2.75, 3.05) is 10.6 Å². The molecule has 0 aromatic heterocycles. The van der Waals surface area contributed by atoms with E-state index in [0.29, 0.717) is 11.4 Å². The van der Waals surface area contributed by atoms with Gasteiger partial charge >= 0.3 is 6.03 Å². The molecule has 2 rings (SSSR count). The monoisotopic (exact) mass is 308 g/mol.